The molecule has 1 aliphatic heterocycles. The first-order valence-corrected chi connectivity index (χ1v) is 5.11. The number of nitrogen functional groups attached to an aromatic ring is 1. The average Bonchev–Trinajstić information content (AvgIpc) is 2.74. The van der Waals surface area contributed by atoms with Gasteiger partial charge >= 0.3 is 0 Å². The highest BCUT2D eigenvalue weighted by Gasteiger charge is 2.20. The molecule has 0 aliphatic carbocycles. The van der Waals surface area contributed by atoms with Crippen molar-refractivity contribution in [2.75, 3.05) is 17.7 Å². The van der Waals surface area contributed by atoms with Crippen LogP contribution in [-0.4, -0.2) is 22.7 Å². The lowest BCUT2D eigenvalue weighted by Crippen LogP contribution is -2.25. The molecule has 1 aromatic carbocycles. The second kappa shape index (κ2) is 3.51. The minimum absolute atomic E-state index is 0.0215. The van der Waals surface area contributed by atoms with Crippen molar-refractivity contribution < 1.29 is 9.53 Å². The Morgan fingerprint density at radius 1 is 1.41 bits per heavy atom. The number of carbonyl (C=O) groups excluding carboxylic acids is 1. The highest BCUT2D eigenvalue weighted by Crippen LogP contribution is 2.37. The molecule has 17 heavy (non-hydrogen) atoms. The van der Waals surface area contributed by atoms with E-state index in [-0.39, 0.29) is 12.5 Å². The molecule has 2 heterocycles. The third kappa shape index (κ3) is 1.59. The minimum atomic E-state index is -0.154. The molecule has 0 atom stereocenters. The molecule has 2 aromatic rings. The summed E-state index contributed by atoms with van der Waals surface area (Å²) in [7, 11) is 0. The number of ether oxygens (including phenoxy) is 1. The molecule has 6 heteroatoms. The molecule has 0 bridgehead atoms. The van der Waals surface area contributed by atoms with Gasteiger partial charge in [0.15, 0.2) is 12.4 Å². The van der Waals surface area contributed by atoms with Crippen LogP contribution in [0.1, 0.15) is 0 Å². The number of nitrogens with two attached hydrogens (primary N) is 1. The first-order chi connectivity index (χ1) is 8.24. The van der Waals surface area contributed by atoms with Gasteiger partial charge in [0.2, 0.25) is 0 Å². The summed E-state index contributed by atoms with van der Waals surface area (Å²) in [5, 5.41) is 9.43. The topological polar surface area (TPSA) is 93.0 Å². The summed E-state index contributed by atoms with van der Waals surface area (Å²) in [6, 6.07) is 7.22. The van der Waals surface area contributed by atoms with Crippen LogP contribution in [0, 0.1) is 0 Å². The average molecular weight is 230 g/mol. The smallest absolute Gasteiger partial charge is 0.262 e. The molecule has 6 nitrogen and oxygen atoms in total. The van der Waals surface area contributed by atoms with Gasteiger partial charge in [-0.05, 0) is 12.1 Å². The summed E-state index contributed by atoms with van der Waals surface area (Å²) >= 11 is 0. The number of carbonyl (C=O) groups is 1. The summed E-state index contributed by atoms with van der Waals surface area (Å²) in [4.78, 5) is 11.2. The van der Waals surface area contributed by atoms with Crippen LogP contribution < -0.4 is 15.8 Å². The lowest BCUT2D eigenvalue weighted by molar-refractivity contribution is -0.118. The van der Waals surface area contributed by atoms with E-state index in [0.29, 0.717) is 17.3 Å². The second-order valence-corrected chi connectivity index (χ2v) is 3.73. The molecule has 0 spiro atoms. The number of hydrogen-bond acceptors (Lipinski definition) is 4. The Balaban J connectivity index is 2.12. The van der Waals surface area contributed by atoms with Crippen molar-refractivity contribution in [3.63, 3.8) is 0 Å². The number of H-pyrrole nitrogens is 1. The molecule has 0 radical (unpaired) electrons. The lowest BCUT2D eigenvalue weighted by atomic mass is 10.1. The fourth-order valence-electron chi connectivity index (χ4n) is 1.80. The number of fused-ring (bicyclic) bond motifs is 1. The number of amides is 1. The summed E-state index contributed by atoms with van der Waals surface area (Å²) in [5.74, 6) is 0.895. The van der Waals surface area contributed by atoms with Gasteiger partial charge in [0.25, 0.3) is 5.91 Å². The second-order valence-electron chi connectivity index (χ2n) is 3.73. The van der Waals surface area contributed by atoms with E-state index in [9.17, 15) is 4.79 Å². The first-order valence-electron chi connectivity index (χ1n) is 5.11. The summed E-state index contributed by atoms with van der Waals surface area (Å²) in [6.07, 6.45) is 0. The maximum Gasteiger partial charge on any atom is 0.262 e. The van der Waals surface area contributed by atoms with Crippen LogP contribution in [0.4, 0.5) is 11.5 Å². The third-order valence-electron chi connectivity index (χ3n) is 2.52. The predicted octanol–water partition coefficient (Wildman–Crippen LogP) is 0.990. The number of para-hydroxylation sites is 1. The van der Waals surface area contributed by atoms with E-state index < -0.39 is 0 Å². The molecule has 1 amide bonds. The third-order valence-corrected chi connectivity index (χ3v) is 2.52. The standard InChI is InChI=1S/C11H10N4O2/c12-9-4-8(14-15-9)6-2-1-3-7-11(6)17-5-10(16)13-7/h1-4H,5H2,(H,13,16)(H3,12,14,15). The first kappa shape index (κ1) is 9.71. The molecule has 0 saturated carbocycles. The van der Waals surface area contributed by atoms with Crippen LogP contribution in [0.5, 0.6) is 5.75 Å². The van der Waals surface area contributed by atoms with Gasteiger partial charge in [-0.15, -0.1) is 0 Å². The van der Waals surface area contributed by atoms with Gasteiger partial charge in [0, 0.05) is 11.6 Å². The van der Waals surface area contributed by atoms with E-state index >= 15 is 0 Å². The van der Waals surface area contributed by atoms with Crippen molar-refractivity contribution in [1.82, 2.24) is 10.2 Å². The van der Waals surface area contributed by atoms with Crippen LogP contribution in [0.2, 0.25) is 0 Å². The summed E-state index contributed by atoms with van der Waals surface area (Å²) in [6.45, 7) is 0.0215. The van der Waals surface area contributed by atoms with Crippen LogP contribution in [0.3, 0.4) is 0 Å². The van der Waals surface area contributed by atoms with Gasteiger partial charge in [-0.3, -0.25) is 9.89 Å². The largest absolute Gasteiger partial charge is 0.481 e. The van der Waals surface area contributed by atoms with Crippen molar-refractivity contribution in [2.24, 2.45) is 0 Å². The molecule has 3 rings (SSSR count). The summed E-state index contributed by atoms with van der Waals surface area (Å²) < 4.78 is 5.43. The van der Waals surface area contributed by atoms with Gasteiger partial charge in [-0.25, -0.2) is 0 Å². The van der Waals surface area contributed by atoms with Crippen LogP contribution >= 0.6 is 0 Å². The fraction of sp³-hybridized carbons (Fsp3) is 0.0909. The van der Waals surface area contributed by atoms with Gasteiger partial charge in [-0.2, -0.15) is 5.10 Å². The Hall–Kier alpha value is -2.50. The molecule has 0 fully saturated rings. The van der Waals surface area contributed by atoms with E-state index in [1.54, 1.807) is 12.1 Å². The molecular weight excluding hydrogens is 220 g/mol. The number of nitrogens with one attached hydrogen (secondary N) is 2. The maximum absolute atomic E-state index is 11.2. The summed E-state index contributed by atoms with van der Waals surface area (Å²) in [5.41, 5.74) is 7.81. The van der Waals surface area contributed by atoms with E-state index in [1.807, 2.05) is 12.1 Å². The Bertz CT molecular complexity index is 591. The highest BCUT2D eigenvalue weighted by molar-refractivity contribution is 5.97. The molecule has 86 valence electrons. The van der Waals surface area contributed by atoms with Crippen molar-refractivity contribution in [3.8, 4) is 17.0 Å². The Kier molecular flexibility index (Phi) is 2.01. The molecule has 1 aromatic heterocycles. The van der Waals surface area contributed by atoms with Gasteiger partial charge in [-0.1, -0.05) is 6.07 Å². The van der Waals surface area contributed by atoms with Crippen molar-refractivity contribution in [1.29, 1.82) is 0 Å². The van der Waals surface area contributed by atoms with Gasteiger partial charge in [0.1, 0.15) is 5.82 Å². The Labute approximate surface area is 96.8 Å². The zero-order valence-electron chi connectivity index (χ0n) is 8.86. The quantitative estimate of drug-likeness (QED) is 0.681. The zero-order chi connectivity index (χ0) is 11.8. The fourth-order valence-corrected chi connectivity index (χ4v) is 1.80. The van der Waals surface area contributed by atoms with E-state index in [0.717, 1.165) is 11.3 Å². The van der Waals surface area contributed by atoms with Crippen molar-refractivity contribution >= 4 is 17.4 Å². The molecule has 0 unspecified atom stereocenters. The minimum Gasteiger partial charge on any atom is -0.481 e. The predicted molar refractivity (Wildman–Crippen MR) is 62.6 cm³/mol. The Morgan fingerprint density at radius 2 is 2.29 bits per heavy atom. The van der Waals surface area contributed by atoms with Gasteiger partial charge in [0.05, 0.1) is 11.4 Å². The Morgan fingerprint density at radius 3 is 3.06 bits per heavy atom. The van der Waals surface area contributed by atoms with Crippen molar-refractivity contribution in [2.45, 2.75) is 0 Å². The van der Waals surface area contributed by atoms with E-state index in [2.05, 4.69) is 15.5 Å². The SMILES string of the molecule is Nc1cc(-c2cccc3c2OCC(=O)N3)[nH]n1. The number of benzene rings is 1. The van der Waals surface area contributed by atoms with Crippen LogP contribution in [0.25, 0.3) is 11.3 Å². The van der Waals surface area contributed by atoms with Crippen LogP contribution in [-0.2, 0) is 4.79 Å². The van der Waals surface area contributed by atoms with Crippen LogP contribution in [0.15, 0.2) is 24.3 Å². The zero-order valence-corrected chi connectivity index (χ0v) is 8.86. The molecule has 1 aliphatic rings. The monoisotopic (exact) mass is 230 g/mol. The van der Waals surface area contributed by atoms with E-state index in [4.69, 9.17) is 10.5 Å². The number of anilines is 2. The van der Waals surface area contributed by atoms with E-state index in [1.165, 1.54) is 0 Å². The van der Waals surface area contributed by atoms with Crippen molar-refractivity contribution in [3.05, 3.63) is 24.3 Å². The highest BCUT2D eigenvalue weighted by atomic mass is 16.5. The normalized spacial score (nSPS) is 13.8. The maximum atomic E-state index is 11.2. The number of hydrogen-bond donors (Lipinski definition) is 3. The lowest BCUT2D eigenvalue weighted by Gasteiger charge is -2.19. The van der Waals surface area contributed by atoms with Gasteiger partial charge < -0.3 is 15.8 Å². The number of rotatable bonds is 1. The number of aromatic nitrogens is 2. The number of aromatic amines is 1. The number of nitrogens with zero attached hydrogens (tertiary/aromatic N) is 1. The molecular formula is C11H10N4O2. The molecule has 0 saturated heterocycles. The molecule has 4 N–H and O–H groups in total.